The summed E-state index contributed by atoms with van der Waals surface area (Å²) in [5.41, 5.74) is 1.78. The molecule has 1 aliphatic rings. The third-order valence-corrected chi connectivity index (χ3v) is 6.78. The maximum Gasteiger partial charge on any atom is 0.243 e. The predicted octanol–water partition coefficient (Wildman–Crippen LogP) is 3.04. The van der Waals surface area contributed by atoms with E-state index in [1.54, 1.807) is 23.5 Å². The van der Waals surface area contributed by atoms with Gasteiger partial charge in [-0.05, 0) is 18.6 Å². The van der Waals surface area contributed by atoms with E-state index < -0.39 is 10.0 Å². The van der Waals surface area contributed by atoms with Gasteiger partial charge in [0.05, 0.1) is 23.8 Å². The first-order valence-corrected chi connectivity index (χ1v) is 10.8. The lowest BCUT2D eigenvalue weighted by molar-refractivity contribution is 0.0730. The van der Waals surface area contributed by atoms with Crippen molar-refractivity contribution in [2.45, 2.75) is 24.7 Å². The highest BCUT2D eigenvalue weighted by atomic mass is 32.2. The van der Waals surface area contributed by atoms with Crippen LogP contribution in [-0.4, -0.2) is 50.6 Å². The zero-order valence-electron chi connectivity index (χ0n) is 14.3. The van der Waals surface area contributed by atoms with E-state index in [4.69, 9.17) is 4.74 Å². The Hall–Kier alpha value is -1.48. The van der Waals surface area contributed by atoms with Crippen LogP contribution < -0.4 is 5.32 Å². The maximum absolute atomic E-state index is 12.6. The Kier molecular flexibility index (Phi) is 6.06. The number of nitrogens with one attached hydrogen (secondary N) is 1. The van der Waals surface area contributed by atoms with Crippen LogP contribution in [0.15, 0.2) is 34.5 Å². The summed E-state index contributed by atoms with van der Waals surface area (Å²) in [5.74, 6) is 0. The quantitative estimate of drug-likeness (QED) is 0.747. The van der Waals surface area contributed by atoms with Crippen LogP contribution in [-0.2, 0) is 14.8 Å². The van der Waals surface area contributed by atoms with Gasteiger partial charge in [-0.1, -0.05) is 25.5 Å². The lowest BCUT2D eigenvalue weighted by Gasteiger charge is -2.26. The number of unbranched alkanes of at least 4 members (excludes halogenated alkanes) is 1. The number of hydrogen-bond acceptors (Lipinski definition) is 6. The van der Waals surface area contributed by atoms with Gasteiger partial charge in [-0.2, -0.15) is 4.31 Å². The fourth-order valence-corrected chi connectivity index (χ4v) is 4.75. The standard InChI is InChI=1S/C17H23N3O3S2/c1-2-3-8-18-17-19-16(13-24-17)14-4-6-15(7-5-14)25(21,22)20-9-11-23-12-10-20/h4-7,13H,2-3,8-12H2,1H3,(H,18,19). The predicted molar refractivity (Wildman–Crippen MR) is 101 cm³/mol. The molecule has 1 aliphatic heterocycles. The smallest absolute Gasteiger partial charge is 0.243 e. The SMILES string of the molecule is CCCCNc1nc(-c2ccc(S(=O)(=O)N3CCOCC3)cc2)cs1. The van der Waals surface area contributed by atoms with Crippen molar-refractivity contribution in [1.82, 2.24) is 9.29 Å². The maximum atomic E-state index is 12.6. The molecule has 1 aromatic heterocycles. The first-order valence-electron chi connectivity index (χ1n) is 8.49. The van der Waals surface area contributed by atoms with E-state index in [1.165, 1.54) is 4.31 Å². The highest BCUT2D eigenvalue weighted by Crippen LogP contribution is 2.26. The zero-order chi connectivity index (χ0) is 17.7. The number of ether oxygens (including phenoxy) is 1. The molecule has 1 fully saturated rings. The molecule has 1 aromatic carbocycles. The summed E-state index contributed by atoms with van der Waals surface area (Å²) in [6.07, 6.45) is 2.26. The molecule has 136 valence electrons. The molecule has 1 N–H and O–H groups in total. The summed E-state index contributed by atoms with van der Waals surface area (Å²) in [7, 11) is -3.45. The van der Waals surface area contributed by atoms with E-state index in [-0.39, 0.29) is 0 Å². The second-order valence-electron chi connectivity index (χ2n) is 5.86. The molecule has 0 aliphatic carbocycles. The summed E-state index contributed by atoms with van der Waals surface area (Å²) in [6, 6.07) is 6.95. The van der Waals surface area contributed by atoms with Crippen molar-refractivity contribution in [2.75, 3.05) is 38.2 Å². The Labute approximate surface area is 152 Å². The average molecular weight is 382 g/mol. The number of aromatic nitrogens is 1. The van der Waals surface area contributed by atoms with Crippen LogP contribution >= 0.6 is 11.3 Å². The van der Waals surface area contributed by atoms with Gasteiger partial charge in [0.25, 0.3) is 0 Å². The van der Waals surface area contributed by atoms with Crippen molar-refractivity contribution in [3.8, 4) is 11.3 Å². The number of hydrogen-bond donors (Lipinski definition) is 1. The van der Waals surface area contributed by atoms with E-state index in [2.05, 4.69) is 17.2 Å². The number of anilines is 1. The zero-order valence-corrected chi connectivity index (χ0v) is 15.9. The van der Waals surface area contributed by atoms with Gasteiger partial charge in [-0.15, -0.1) is 11.3 Å². The minimum absolute atomic E-state index is 0.315. The first-order chi connectivity index (χ1) is 12.1. The molecule has 0 radical (unpaired) electrons. The summed E-state index contributed by atoms with van der Waals surface area (Å²) in [6.45, 7) is 4.78. The van der Waals surface area contributed by atoms with E-state index >= 15 is 0 Å². The summed E-state index contributed by atoms with van der Waals surface area (Å²) in [4.78, 5) is 4.88. The van der Waals surface area contributed by atoms with Crippen molar-refractivity contribution < 1.29 is 13.2 Å². The van der Waals surface area contributed by atoms with Gasteiger partial charge < -0.3 is 10.1 Å². The monoisotopic (exact) mass is 381 g/mol. The fraction of sp³-hybridized carbons (Fsp3) is 0.471. The topological polar surface area (TPSA) is 71.5 Å². The highest BCUT2D eigenvalue weighted by molar-refractivity contribution is 7.89. The molecule has 0 atom stereocenters. The van der Waals surface area contributed by atoms with Gasteiger partial charge in [0.15, 0.2) is 5.13 Å². The molecule has 1 saturated heterocycles. The lowest BCUT2D eigenvalue weighted by Crippen LogP contribution is -2.40. The van der Waals surface area contributed by atoms with E-state index in [9.17, 15) is 8.42 Å². The van der Waals surface area contributed by atoms with Gasteiger partial charge in [0, 0.05) is 30.6 Å². The summed E-state index contributed by atoms with van der Waals surface area (Å²) >= 11 is 1.56. The van der Waals surface area contributed by atoms with Crippen LogP contribution in [0.25, 0.3) is 11.3 Å². The second kappa shape index (κ2) is 8.27. The Morgan fingerprint density at radius 2 is 1.96 bits per heavy atom. The van der Waals surface area contributed by atoms with Crippen LogP contribution in [0.3, 0.4) is 0 Å². The minimum Gasteiger partial charge on any atom is -0.379 e. The lowest BCUT2D eigenvalue weighted by atomic mass is 10.2. The van der Waals surface area contributed by atoms with Crippen LogP contribution in [0, 0.1) is 0 Å². The first kappa shape index (κ1) is 18.3. The van der Waals surface area contributed by atoms with Crippen molar-refractivity contribution in [2.24, 2.45) is 0 Å². The molecule has 25 heavy (non-hydrogen) atoms. The summed E-state index contributed by atoms with van der Waals surface area (Å²) in [5, 5.41) is 6.19. The van der Waals surface area contributed by atoms with Crippen LogP contribution in [0.5, 0.6) is 0 Å². The van der Waals surface area contributed by atoms with E-state index in [0.29, 0.717) is 31.2 Å². The third-order valence-electron chi connectivity index (χ3n) is 4.07. The molecule has 2 aromatic rings. The number of benzene rings is 1. The van der Waals surface area contributed by atoms with Crippen molar-refractivity contribution >= 4 is 26.5 Å². The largest absolute Gasteiger partial charge is 0.379 e. The summed E-state index contributed by atoms with van der Waals surface area (Å²) < 4.78 is 32.0. The second-order valence-corrected chi connectivity index (χ2v) is 8.66. The van der Waals surface area contributed by atoms with Crippen molar-refractivity contribution in [1.29, 1.82) is 0 Å². The third kappa shape index (κ3) is 4.38. The number of morpholine rings is 1. The molecule has 6 nitrogen and oxygen atoms in total. The fourth-order valence-electron chi connectivity index (χ4n) is 2.59. The highest BCUT2D eigenvalue weighted by Gasteiger charge is 2.26. The van der Waals surface area contributed by atoms with E-state index in [1.807, 2.05) is 17.5 Å². The average Bonchev–Trinajstić information content (AvgIpc) is 3.12. The molecule has 3 rings (SSSR count). The van der Waals surface area contributed by atoms with Gasteiger partial charge in [-0.3, -0.25) is 0 Å². The molecule has 0 saturated carbocycles. The van der Waals surface area contributed by atoms with E-state index in [0.717, 1.165) is 35.8 Å². The Balaban J connectivity index is 1.71. The van der Waals surface area contributed by atoms with Crippen LogP contribution in [0.1, 0.15) is 19.8 Å². The number of sulfonamides is 1. The van der Waals surface area contributed by atoms with Crippen molar-refractivity contribution in [3.63, 3.8) is 0 Å². The number of thiazole rings is 1. The molecule has 0 unspecified atom stereocenters. The van der Waals surface area contributed by atoms with Gasteiger partial charge in [0.1, 0.15) is 0 Å². The normalized spacial score (nSPS) is 16.0. The van der Waals surface area contributed by atoms with Gasteiger partial charge >= 0.3 is 0 Å². The molecule has 0 amide bonds. The Bertz CT molecular complexity index is 782. The van der Waals surface area contributed by atoms with Crippen molar-refractivity contribution in [3.05, 3.63) is 29.6 Å². The molecule has 2 heterocycles. The molecular weight excluding hydrogens is 358 g/mol. The number of nitrogens with zero attached hydrogens (tertiary/aromatic N) is 2. The van der Waals surface area contributed by atoms with Crippen LogP contribution in [0.4, 0.5) is 5.13 Å². The minimum atomic E-state index is -3.45. The van der Waals surface area contributed by atoms with Crippen LogP contribution in [0.2, 0.25) is 0 Å². The van der Waals surface area contributed by atoms with Gasteiger partial charge in [0.2, 0.25) is 10.0 Å². The number of rotatable bonds is 7. The molecular formula is C17H23N3O3S2. The molecule has 0 bridgehead atoms. The Morgan fingerprint density at radius 3 is 2.64 bits per heavy atom. The molecule has 8 heteroatoms. The Morgan fingerprint density at radius 1 is 1.24 bits per heavy atom. The van der Waals surface area contributed by atoms with Gasteiger partial charge in [-0.25, -0.2) is 13.4 Å². The molecule has 0 spiro atoms.